The molecule has 10 aromatic carbocycles. The summed E-state index contributed by atoms with van der Waals surface area (Å²) in [4.78, 5) is 0. The van der Waals surface area contributed by atoms with Gasteiger partial charge in [-0.3, -0.25) is 0 Å². The van der Waals surface area contributed by atoms with Gasteiger partial charge in [-0.1, -0.05) is 133 Å². The van der Waals surface area contributed by atoms with E-state index in [9.17, 15) is 0 Å². The van der Waals surface area contributed by atoms with Crippen molar-refractivity contribution in [2.45, 2.75) is 0 Å². The second kappa shape index (κ2) is 13.4. The number of hydrogen-bond acceptors (Lipinski definition) is 3. The summed E-state index contributed by atoms with van der Waals surface area (Å²) in [6.07, 6.45) is 0. The Hall–Kier alpha value is -8.74. The fraction of sp³-hybridized carbons (Fsp3) is 0. The van der Waals surface area contributed by atoms with Crippen molar-refractivity contribution in [1.29, 1.82) is 0 Å². The van der Waals surface area contributed by atoms with Crippen LogP contribution in [-0.2, 0) is 0 Å². The Balaban J connectivity index is 0.906. The van der Waals surface area contributed by atoms with Crippen LogP contribution >= 0.6 is 0 Å². The van der Waals surface area contributed by atoms with Crippen molar-refractivity contribution >= 4 is 83.4 Å². The highest BCUT2D eigenvalue weighted by Gasteiger charge is 2.41. The fourth-order valence-corrected chi connectivity index (χ4v) is 11.1. The second-order valence-electron chi connectivity index (χ2n) is 17.5. The third-order valence-electron chi connectivity index (χ3n) is 14.0. The van der Waals surface area contributed by atoms with Crippen LogP contribution < -0.4 is 20.3 Å². The number of ether oxygens (including phenoxy) is 1. The molecule has 66 heavy (non-hydrogen) atoms. The molecule has 6 heteroatoms. The van der Waals surface area contributed by atoms with E-state index in [4.69, 9.17) is 13.8 Å². The topological polar surface area (TPSA) is 41.5 Å². The van der Waals surface area contributed by atoms with Gasteiger partial charge in [-0.2, -0.15) is 0 Å². The van der Waals surface area contributed by atoms with Crippen LogP contribution in [0.4, 0.5) is 0 Å². The third kappa shape index (κ3) is 5.01. The first-order valence-electron chi connectivity index (χ1n) is 22.5. The summed E-state index contributed by atoms with van der Waals surface area (Å²) < 4.78 is 25.1. The van der Waals surface area contributed by atoms with Gasteiger partial charge in [-0.25, -0.2) is 0 Å². The van der Waals surface area contributed by atoms with Crippen LogP contribution in [0.15, 0.2) is 217 Å². The van der Waals surface area contributed by atoms with Crippen molar-refractivity contribution in [2.75, 3.05) is 0 Å². The molecule has 0 radical (unpaired) electrons. The molecule has 0 atom stereocenters. The molecule has 0 amide bonds. The highest BCUT2D eigenvalue weighted by molar-refractivity contribution is 6.84. The van der Waals surface area contributed by atoms with Gasteiger partial charge in [0.25, 0.3) is 0 Å². The normalized spacial score (nSPS) is 12.8. The van der Waals surface area contributed by atoms with Crippen LogP contribution in [0.1, 0.15) is 0 Å². The van der Waals surface area contributed by atoms with E-state index in [1.807, 2.05) is 24.3 Å². The summed E-state index contributed by atoms with van der Waals surface area (Å²) in [6, 6.07) is 75.9. The summed E-state index contributed by atoms with van der Waals surface area (Å²) in [5, 5.41) is 7.13. The van der Waals surface area contributed by atoms with Gasteiger partial charge in [-0.05, 0) is 101 Å². The molecule has 0 spiro atoms. The average Bonchev–Trinajstić information content (AvgIpc) is 4.03. The first kappa shape index (κ1) is 35.7. The highest BCUT2D eigenvalue weighted by Crippen LogP contribution is 2.45. The maximum atomic E-state index is 7.14. The Labute approximate surface area is 379 Å². The molecule has 306 valence electrons. The van der Waals surface area contributed by atoms with Gasteiger partial charge in [0.1, 0.15) is 28.4 Å². The van der Waals surface area contributed by atoms with E-state index < -0.39 is 0 Å². The Bertz CT molecular complexity index is 4160. The maximum absolute atomic E-state index is 7.14. The molecule has 0 unspecified atom stereocenters. The molecule has 0 saturated carbocycles. The molecule has 13 aromatic rings. The molecular weight excluding hydrogens is 807 g/mol. The van der Waals surface area contributed by atoms with Crippen LogP contribution in [-0.4, -0.2) is 16.0 Å². The van der Waals surface area contributed by atoms with E-state index in [0.29, 0.717) is 0 Å². The number of para-hydroxylation sites is 5. The molecule has 0 aliphatic carbocycles. The lowest BCUT2D eigenvalue weighted by Gasteiger charge is -2.33. The van der Waals surface area contributed by atoms with Crippen LogP contribution in [0.25, 0.3) is 110 Å². The first-order chi connectivity index (χ1) is 32.7. The van der Waals surface area contributed by atoms with E-state index in [1.165, 1.54) is 32.6 Å². The number of rotatable bonds is 4. The van der Waals surface area contributed by atoms with Crippen molar-refractivity contribution in [3.05, 3.63) is 212 Å². The number of aromatic nitrogens is 2. The number of furan rings is 1. The van der Waals surface area contributed by atoms with Crippen LogP contribution in [0, 0.1) is 0 Å². The minimum atomic E-state index is -0.339. The number of nitrogens with zero attached hydrogens (tertiary/aromatic N) is 2. The summed E-state index contributed by atoms with van der Waals surface area (Å²) >= 11 is 0. The first-order valence-corrected chi connectivity index (χ1v) is 22.5. The second-order valence-corrected chi connectivity index (χ2v) is 17.5. The summed E-state index contributed by atoms with van der Waals surface area (Å²) in [5.41, 5.74) is 17.2. The summed E-state index contributed by atoms with van der Waals surface area (Å²) in [5.74, 6) is 2.45. The Kier molecular flexibility index (Phi) is 7.24. The highest BCUT2D eigenvalue weighted by atomic mass is 16.5. The van der Waals surface area contributed by atoms with Crippen LogP contribution in [0.5, 0.6) is 17.2 Å². The Morgan fingerprint density at radius 3 is 1.70 bits per heavy atom. The lowest BCUT2D eigenvalue weighted by Crippen LogP contribution is -2.53. The van der Waals surface area contributed by atoms with Crippen molar-refractivity contribution in [1.82, 2.24) is 9.13 Å². The predicted molar refractivity (Wildman–Crippen MR) is 271 cm³/mol. The largest absolute Gasteiger partial charge is 0.551 e. The minimum absolute atomic E-state index is 0.339. The molecule has 5 nitrogen and oxygen atoms in total. The van der Waals surface area contributed by atoms with Gasteiger partial charge < -0.3 is 22.9 Å². The minimum Gasteiger partial charge on any atom is -0.551 e. The lowest BCUT2D eigenvalue weighted by atomic mass is 9.51. The Morgan fingerprint density at radius 2 is 0.924 bits per heavy atom. The molecule has 0 N–H and O–H groups in total. The van der Waals surface area contributed by atoms with Gasteiger partial charge in [0.2, 0.25) is 0 Å². The van der Waals surface area contributed by atoms with E-state index in [-0.39, 0.29) is 6.92 Å². The van der Waals surface area contributed by atoms with Crippen molar-refractivity contribution in [2.24, 2.45) is 0 Å². The van der Waals surface area contributed by atoms with Gasteiger partial charge in [-0.15, -0.1) is 0 Å². The standard InChI is InChI=1S/C60H35BN2O3/c1-2-14-41(40(13-1)36-25-28-46-45-18-6-11-23-55(45)64-57(46)31-36)37-26-29-47-49-34-39(35-59-60(49)61(66-58(47)32-37)50-19-7-12-24-56(50)65-59)63-53-22-10-5-17-44(53)48-33-38(27-30-54(48)63)62-51-20-8-3-15-42(51)43-16-4-9-21-52(43)62/h1-35H. The van der Waals surface area contributed by atoms with Crippen molar-refractivity contribution < 1.29 is 13.8 Å². The van der Waals surface area contributed by atoms with Gasteiger partial charge in [0.05, 0.1) is 27.8 Å². The zero-order valence-corrected chi connectivity index (χ0v) is 35.4. The van der Waals surface area contributed by atoms with E-state index in [1.54, 1.807) is 0 Å². The smallest absolute Gasteiger partial charge is 0.434 e. The zero-order chi connectivity index (χ0) is 43.0. The number of benzene rings is 10. The number of fused-ring (bicyclic) bond motifs is 13. The van der Waals surface area contributed by atoms with Crippen LogP contribution in [0.3, 0.4) is 0 Å². The molecule has 5 heterocycles. The van der Waals surface area contributed by atoms with E-state index in [2.05, 4.69) is 197 Å². The number of hydrogen-bond donors (Lipinski definition) is 0. The molecule has 15 rings (SSSR count). The maximum Gasteiger partial charge on any atom is 0.434 e. The average molecular weight is 843 g/mol. The molecule has 0 fully saturated rings. The molecule has 2 aliphatic heterocycles. The molecular formula is C60H35BN2O3. The van der Waals surface area contributed by atoms with Crippen LogP contribution in [0.2, 0.25) is 0 Å². The van der Waals surface area contributed by atoms with Gasteiger partial charge in [0.15, 0.2) is 0 Å². The fourth-order valence-electron chi connectivity index (χ4n) is 11.1. The summed E-state index contributed by atoms with van der Waals surface area (Å²) in [6.45, 7) is -0.339. The lowest BCUT2D eigenvalue weighted by molar-refractivity contribution is 0.479. The van der Waals surface area contributed by atoms with Crippen molar-refractivity contribution in [3.63, 3.8) is 0 Å². The van der Waals surface area contributed by atoms with Gasteiger partial charge in [0, 0.05) is 60.6 Å². The third-order valence-corrected chi connectivity index (χ3v) is 14.0. The quantitative estimate of drug-likeness (QED) is 0.166. The molecule has 2 aliphatic rings. The summed E-state index contributed by atoms with van der Waals surface area (Å²) in [7, 11) is 0. The van der Waals surface area contributed by atoms with Gasteiger partial charge >= 0.3 is 6.92 Å². The SMILES string of the molecule is c1ccc2c(c1)Oc1cc(-n3c4ccccc4c4cc(-n5c6ccccc6c6ccccc65)ccc43)cc3c1B2Oc1cc(-c2ccccc2-c2ccc4c(c2)oc2ccccc24)ccc1-3. The Morgan fingerprint density at radius 1 is 0.333 bits per heavy atom. The van der Waals surface area contributed by atoms with Crippen molar-refractivity contribution in [3.8, 4) is 62.0 Å². The predicted octanol–water partition coefficient (Wildman–Crippen LogP) is 14.4. The monoisotopic (exact) mass is 842 g/mol. The van der Waals surface area contributed by atoms with E-state index >= 15 is 0 Å². The molecule has 3 aromatic heterocycles. The molecule has 0 saturated heterocycles. The van der Waals surface area contributed by atoms with E-state index in [0.717, 1.165) is 106 Å². The molecule has 0 bridgehead atoms. The zero-order valence-electron chi connectivity index (χ0n) is 35.4.